The minimum Gasteiger partial charge on any atom is -0.496 e. The molecule has 0 amide bonds. The maximum atomic E-state index is 10.4. The molecular formula is C13H17BrO3S. The second-order valence-corrected chi connectivity index (χ2v) is 6.64. The number of hydrogen-bond donors (Lipinski definition) is 1. The van der Waals surface area contributed by atoms with E-state index in [1.165, 1.54) is 0 Å². The van der Waals surface area contributed by atoms with Gasteiger partial charge in [0.1, 0.15) is 11.5 Å². The quantitative estimate of drug-likeness (QED) is 0.899. The summed E-state index contributed by atoms with van der Waals surface area (Å²) >= 11 is 5.30. The number of fused-ring (bicyclic) bond motifs is 1. The monoisotopic (exact) mass is 332 g/mol. The summed E-state index contributed by atoms with van der Waals surface area (Å²) in [5.74, 6) is 2.35. The SMILES string of the molecule is COc1cc(Br)c(OC)c2c1CSC(C)C[C@H]2O. The zero-order chi connectivity index (χ0) is 13.3. The average molecular weight is 333 g/mol. The second kappa shape index (κ2) is 5.72. The molecule has 1 N–H and O–H groups in total. The molecular weight excluding hydrogens is 316 g/mol. The van der Waals surface area contributed by atoms with E-state index < -0.39 is 6.10 Å². The van der Waals surface area contributed by atoms with Gasteiger partial charge in [-0.15, -0.1) is 0 Å². The Hall–Kier alpha value is -0.390. The lowest BCUT2D eigenvalue weighted by Gasteiger charge is -2.19. The van der Waals surface area contributed by atoms with E-state index in [2.05, 4.69) is 22.9 Å². The molecule has 1 aliphatic heterocycles. The van der Waals surface area contributed by atoms with Gasteiger partial charge in [-0.05, 0) is 28.4 Å². The fourth-order valence-corrected chi connectivity index (χ4v) is 3.93. The van der Waals surface area contributed by atoms with E-state index >= 15 is 0 Å². The van der Waals surface area contributed by atoms with Crippen LogP contribution in [0, 0.1) is 0 Å². The summed E-state index contributed by atoms with van der Waals surface area (Å²) in [6.45, 7) is 2.13. The molecule has 0 spiro atoms. The lowest BCUT2D eigenvalue weighted by molar-refractivity contribution is 0.163. The highest BCUT2D eigenvalue weighted by molar-refractivity contribution is 9.10. The summed E-state index contributed by atoms with van der Waals surface area (Å²) in [5, 5.41) is 10.8. The minimum atomic E-state index is -0.508. The van der Waals surface area contributed by atoms with Crippen LogP contribution in [0.5, 0.6) is 11.5 Å². The molecule has 5 heteroatoms. The summed E-state index contributed by atoms with van der Waals surface area (Å²) in [6, 6.07) is 1.90. The van der Waals surface area contributed by atoms with Crippen LogP contribution >= 0.6 is 27.7 Å². The molecule has 0 saturated carbocycles. The van der Waals surface area contributed by atoms with E-state index in [0.29, 0.717) is 11.0 Å². The highest BCUT2D eigenvalue weighted by atomic mass is 79.9. The third kappa shape index (κ3) is 2.49. The summed E-state index contributed by atoms with van der Waals surface area (Å²) < 4.78 is 11.7. The van der Waals surface area contributed by atoms with Gasteiger partial charge in [-0.25, -0.2) is 0 Å². The third-order valence-electron chi connectivity index (χ3n) is 3.17. The zero-order valence-electron chi connectivity index (χ0n) is 10.7. The highest BCUT2D eigenvalue weighted by Crippen LogP contribution is 2.46. The topological polar surface area (TPSA) is 38.7 Å². The van der Waals surface area contributed by atoms with Crippen molar-refractivity contribution in [1.82, 2.24) is 0 Å². The number of hydrogen-bond acceptors (Lipinski definition) is 4. The van der Waals surface area contributed by atoms with Crippen LogP contribution in [0.1, 0.15) is 30.6 Å². The van der Waals surface area contributed by atoms with Crippen LogP contribution in [-0.2, 0) is 5.75 Å². The van der Waals surface area contributed by atoms with Crippen LogP contribution in [0.15, 0.2) is 10.5 Å². The first kappa shape index (κ1) is 14.0. The number of ether oxygens (including phenoxy) is 2. The molecule has 3 nitrogen and oxygen atoms in total. The van der Waals surface area contributed by atoms with E-state index in [-0.39, 0.29) is 0 Å². The van der Waals surface area contributed by atoms with Gasteiger partial charge >= 0.3 is 0 Å². The smallest absolute Gasteiger partial charge is 0.139 e. The van der Waals surface area contributed by atoms with Crippen molar-refractivity contribution in [1.29, 1.82) is 0 Å². The van der Waals surface area contributed by atoms with Crippen LogP contribution in [0.25, 0.3) is 0 Å². The molecule has 1 unspecified atom stereocenters. The number of rotatable bonds is 2. The van der Waals surface area contributed by atoms with Crippen LogP contribution in [0.2, 0.25) is 0 Å². The molecule has 18 heavy (non-hydrogen) atoms. The maximum Gasteiger partial charge on any atom is 0.139 e. The normalized spacial score (nSPS) is 23.2. The lowest BCUT2D eigenvalue weighted by atomic mass is 9.98. The number of aliphatic hydroxyl groups excluding tert-OH is 1. The first-order valence-electron chi connectivity index (χ1n) is 5.81. The van der Waals surface area contributed by atoms with Crippen molar-refractivity contribution in [2.24, 2.45) is 0 Å². The Balaban J connectivity index is 2.63. The summed E-state index contributed by atoms with van der Waals surface area (Å²) in [6.07, 6.45) is 0.222. The maximum absolute atomic E-state index is 10.4. The van der Waals surface area contributed by atoms with Crippen molar-refractivity contribution >= 4 is 27.7 Å². The first-order valence-corrected chi connectivity index (χ1v) is 7.65. The van der Waals surface area contributed by atoms with Gasteiger partial charge in [0.15, 0.2) is 0 Å². The molecule has 1 aromatic carbocycles. The number of thioether (sulfide) groups is 1. The Kier molecular flexibility index (Phi) is 4.45. The van der Waals surface area contributed by atoms with E-state index in [4.69, 9.17) is 9.47 Å². The van der Waals surface area contributed by atoms with Crippen LogP contribution in [-0.4, -0.2) is 24.6 Å². The van der Waals surface area contributed by atoms with Crippen molar-refractivity contribution in [2.45, 2.75) is 30.5 Å². The fourth-order valence-electron chi connectivity index (χ4n) is 2.28. The Morgan fingerprint density at radius 1 is 1.39 bits per heavy atom. The van der Waals surface area contributed by atoms with Crippen molar-refractivity contribution in [2.75, 3.05) is 14.2 Å². The summed E-state index contributed by atoms with van der Waals surface area (Å²) in [4.78, 5) is 0. The van der Waals surface area contributed by atoms with Crippen molar-refractivity contribution in [3.05, 3.63) is 21.7 Å². The Labute approximate surface area is 120 Å². The molecule has 1 aromatic rings. The Morgan fingerprint density at radius 2 is 2.11 bits per heavy atom. The minimum absolute atomic E-state index is 0.417. The first-order chi connectivity index (χ1) is 8.58. The molecule has 0 saturated heterocycles. The molecule has 0 aliphatic carbocycles. The van der Waals surface area contributed by atoms with Gasteiger partial charge in [-0.3, -0.25) is 0 Å². The van der Waals surface area contributed by atoms with Crippen molar-refractivity contribution < 1.29 is 14.6 Å². The van der Waals surface area contributed by atoms with Gasteiger partial charge in [0.25, 0.3) is 0 Å². The lowest BCUT2D eigenvalue weighted by Crippen LogP contribution is -2.07. The third-order valence-corrected chi connectivity index (χ3v) is 4.97. The standard InChI is InChI=1S/C13H17BrO3S/c1-7-4-10(15)12-8(6-18-7)11(16-2)5-9(14)13(12)17-3/h5,7,10,15H,4,6H2,1-3H3/t7?,10-/m1/s1. The van der Waals surface area contributed by atoms with Crippen molar-refractivity contribution in [3.8, 4) is 11.5 Å². The number of halogens is 1. The molecule has 1 heterocycles. The second-order valence-electron chi connectivity index (χ2n) is 4.36. The van der Waals surface area contributed by atoms with Crippen LogP contribution in [0.3, 0.4) is 0 Å². The van der Waals surface area contributed by atoms with Gasteiger partial charge in [0.2, 0.25) is 0 Å². The number of benzene rings is 1. The van der Waals surface area contributed by atoms with Gasteiger partial charge in [-0.2, -0.15) is 11.8 Å². The summed E-state index contributed by atoms with van der Waals surface area (Å²) in [7, 11) is 3.28. The van der Waals surface area contributed by atoms with Crippen molar-refractivity contribution in [3.63, 3.8) is 0 Å². The van der Waals surface area contributed by atoms with E-state index in [0.717, 1.165) is 33.5 Å². The zero-order valence-corrected chi connectivity index (χ0v) is 13.1. The largest absolute Gasteiger partial charge is 0.496 e. The molecule has 2 atom stereocenters. The summed E-state index contributed by atoms with van der Waals surface area (Å²) in [5.41, 5.74) is 1.90. The molecule has 0 fully saturated rings. The van der Waals surface area contributed by atoms with Crippen LogP contribution < -0.4 is 9.47 Å². The predicted molar refractivity (Wildman–Crippen MR) is 77.6 cm³/mol. The van der Waals surface area contributed by atoms with E-state index in [1.807, 2.05) is 17.8 Å². The average Bonchev–Trinajstić information content (AvgIpc) is 2.48. The van der Waals surface area contributed by atoms with E-state index in [1.54, 1.807) is 14.2 Å². The predicted octanol–water partition coefficient (Wildman–Crippen LogP) is 3.53. The van der Waals surface area contributed by atoms with Gasteiger partial charge in [0.05, 0.1) is 24.8 Å². The molecule has 2 rings (SSSR count). The molecule has 100 valence electrons. The van der Waals surface area contributed by atoms with Gasteiger partial charge < -0.3 is 14.6 Å². The number of aliphatic hydroxyl groups is 1. The fraction of sp³-hybridized carbons (Fsp3) is 0.538. The molecule has 1 aliphatic rings. The molecule has 0 aromatic heterocycles. The number of methoxy groups -OCH3 is 2. The van der Waals surface area contributed by atoms with Gasteiger partial charge in [-0.1, -0.05) is 6.92 Å². The highest BCUT2D eigenvalue weighted by Gasteiger charge is 2.28. The van der Waals surface area contributed by atoms with Gasteiger partial charge in [0, 0.05) is 22.1 Å². The van der Waals surface area contributed by atoms with Crippen LogP contribution in [0.4, 0.5) is 0 Å². The molecule has 0 bridgehead atoms. The Morgan fingerprint density at radius 3 is 2.72 bits per heavy atom. The van der Waals surface area contributed by atoms with E-state index in [9.17, 15) is 5.11 Å². The molecule has 0 radical (unpaired) electrons. The Bertz CT molecular complexity index is 450.